The molecule has 5 nitrogen and oxygen atoms in total. The minimum atomic E-state index is -1.29. The lowest BCUT2D eigenvalue weighted by Gasteiger charge is -2.27. The molecule has 1 aliphatic rings. The fourth-order valence-electron chi connectivity index (χ4n) is 3.13. The van der Waals surface area contributed by atoms with Gasteiger partial charge in [-0.3, -0.25) is 4.79 Å². The van der Waals surface area contributed by atoms with E-state index in [1.54, 1.807) is 12.1 Å². The number of para-hydroxylation sites is 2. The molecule has 4 rings (SSSR count). The highest BCUT2D eigenvalue weighted by Crippen LogP contribution is 2.44. The van der Waals surface area contributed by atoms with E-state index in [0.717, 1.165) is 11.1 Å². The Morgan fingerprint density at radius 3 is 2.08 bits per heavy atom. The fourth-order valence-corrected chi connectivity index (χ4v) is 3.13. The molecular formula is C21H14NO4-. The zero-order valence-corrected chi connectivity index (χ0v) is 13.6. The molecule has 26 heavy (non-hydrogen) atoms. The average Bonchev–Trinajstić information content (AvgIpc) is 2.66. The molecule has 3 aromatic rings. The second-order valence-electron chi connectivity index (χ2n) is 5.97. The summed E-state index contributed by atoms with van der Waals surface area (Å²) in [5.41, 5.74) is 1.94. The SMILES string of the molecule is O=C([O-])c1cccc(NC(=O)C2c3ccccc3Oc3ccccc32)c1. The molecule has 1 N–H and O–H groups in total. The van der Waals surface area contributed by atoms with Gasteiger partial charge in [0.25, 0.3) is 0 Å². The number of carbonyl (C=O) groups is 2. The molecule has 0 fully saturated rings. The maximum Gasteiger partial charge on any atom is 0.236 e. The number of carbonyl (C=O) groups excluding carboxylic acids is 2. The van der Waals surface area contributed by atoms with Crippen molar-refractivity contribution in [3.63, 3.8) is 0 Å². The van der Waals surface area contributed by atoms with Gasteiger partial charge in [-0.25, -0.2) is 0 Å². The highest BCUT2D eigenvalue weighted by atomic mass is 16.5. The van der Waals surface area contributed by atoms with Gasteiger partial charge in [-0.1, -0.05) is 48.5 Å². The lowest BCUT2D eigenvalue weighted by atomic mass is 9.87. The number of carboxylic acids is 1. The topological polar surface area (TPSA) is 78.5 Å². The third-order valence-corrected chi connectivity index (χ3v) is 4.31. The first-order valence-electron chi connectivity index (χ1n) is 8.11. The molecule has 0 saturated heterocycles. The maximum absolute atomic E-state index is 13.0. The molecule has 0 unspecified atom stereocenters. The van der Waals surface area contributed by atoms with Gasteiger partial charge < -0.3 is 20.0 Å². The summed E-state index contributed by atoms with van der Waals surface area (Å²) in [6, 6.07) is 20.8. The van der Waals surface area contributed by atoms with Gasteiger partial charge in [-0.05, 0) is 29.8 Å². The molecule has 1 amide bonds. The van der Waals surface area contributed by atoms with E-state index < -0.39 is 11.9 Å². The summed E-state index contributed by atoms with van der Waals surface area (Å²) < 4.78 is 5.89. The van der Waals surface area contributed by atoms with Crippen molar-refractivity contribution in [2.24, 2.45) is 0 Å². The number of hydrogen-bond donors (Lipinski definition) is 1. The summed E-state index contributed by atoms with van der Waals surface area (Å²) in [4.78, 5) is 24.1. The van der Waals surface area contributed by atoms with Crippen LogP contribution in [0.3, 0.4) is 0 Å². The Bertz CT molecular complexity index is 967. The standard InChI is InChI=1S/C21H15NO4/c23-20(22-14-7-5-6-13(12-14)21(24)25)19-15-8-1-3-10-17(15)26-18-11-4-2-9-16(18)19/h1-12,19H,(H,22,23)(H,24,25)/p-1. The van der Waals surface area contributed by atoms with Gasteiger partial charge in [0, 0.05) is 16.8 Å². The third-order valence-electron chi connectivity index (χ3n) is 4.31. The second-order valence-corrected chi connectivity index (χ2v) is 5.97. The van der Waals surface area contributed by atoms with Crippen molar-refractivity contribution in [2.45, 2.75) is 5.92 Å². The predicted molar refractivity (Wildman–Crippen MR) is 94.2 cm³/mol. The Balaban J connectivity index is 1.72. The summed E-state index contributed by atoms with van der Waals surface area (Å²) in [5, 5.41) is 13.8. The van der Waals surface area contributed by atoms with Crippen LogP contribution in [0.25, 0.3) is 0 Å². The van der Waals surface area contributed by atoms with E-state index in [-0.39, 0.29) is 11.5 Å². The van der Waals surface area contributed by atoms with E-state index in [1.807, 2.05) is 48.5 Å². The quantitative estimate of drug-likeness (QED) is 0.792. The fraction of sp³-hybridized carbons (Fsp3) is 0.0476. The van der Waals surface area contributed by atoms with E-state index in [4.69, 9.17) is 4.74 Å². The lowest BCUT2D eigenvalue weighted by Crippen LogP contribution is -2.26. The van der Waals surface area contributed by atoms with Crippen LogP contribution in [-0.4, -0.2) is 11.9 Å². The summed E-state index contributed by atoms with van der Waals surface area (Å²) in [7, 11) is 0. The average molecular weight is 344 g/mol. The van der Waals surface area contributed by atoms with E-state index in [2.05, 4.69) is 5.32 Å². The van der Waals surface area contributed by atoms with Gasteiger partial charge in [0.05, 0.1) is 11.9 Å². The molecule has 128 valence electrons. The molecule has 3 aromatic carbocycles. The zero-order valence-electron chi connectivity index (χ0n) is 13.6. The van der Waals surface area contributed by atoms with Crippen LogP contribution in [0.2, 0.25) is 0 Å². The molecule has 0 bridgehead atoms. The summed E-state index contributed by atoms with van der Waals surface area (Å²) in [6.07, 6.45) is 0. The third kappa shape index (κ3) is 2.80. The van der Waals surface area contributed by atoms with E-state index in [0.29, 0.717) is 17.2 Å². The van der Waals surface area contributed by atoms with Crippen molar-refractivity contribution in [3.05, 3.63) is 89.5 Å². The largest absolute Gasteiger partial charge is 0.545 e. The van der Waals surface area contributed by atoms with Crippen LogP contribution in [0.5, 0.6) is 11.5 Å². The van der Waals surface area contributed by atoms with Crippen LogP contribution in [0.15, 0.2) is 72.8 Å². The molecule has 0 atom stereocenters. The number of benzene rings is 3. The van der Waals surface area contributed by atoms with Crippen molar-refractivity contribution >= 4 is 17.6 Å². The first-order chi connectivity index (χ1) is 12.6. The molecule has 0 saturated carbocycles. The van der Waals surface area contributed by atoms with Crippen LogP contribution in [0, 0.1) is 0 Å². The predicted octanol–water partition coefficient (Wildman–Crippen LogP) is 2.93. The van der Waals surface area contributed by atoms with E-state index in [9.17, 15) is 14.7 Å². The smallest absolute Gasteiger partial charge is 0.236 e. The van der Waals surface area contributed by atoms with Crippen molar-refractivity contribution in [1.29, 1.82) is 0 Å². The van der Waals surface area contributed by atoms with Crippen LogP contribution >= 0.6 is 0 Å². The number of fused-ring (bicyclic) bond motifs is 2. The molecule has 1 aliphatic heterocycles. The lowest BCUT2D eigenvalue weighted by molar-refractivity contribution is -0.255. The molecule has 0 aliphatic carbocycles. The molecule has 1 heterocycles. The van der Waals surface area contributed by atoms with Gasteiger partial charge in [0.1, 0.15) is 11.5 Å². The van der Waals surface area contributed by atoms with Gasteiger partial charge in [-0.15, -0.1) is 0 Å². The number of carboxylic acid groups (broad SMARTS) is 1. The van der Waals surface area contributed by atoms with Gasteiger partial charge in [-0.2, -0.15) is 0 Å². The Kier molecular flexibility index (Phi) is 3.89. The summed E-state index contributed by atoms with van der Waals surface area (Å²) in [6.45, 7) is 0. The Hall–Kier alpha value is -3.60. The molecule has 0 spiro atoms. The van der Waals surface area contributed by atoms with E-state index >= 15 is 0 Å². The van der Waals surface area contributed by atoms with Crippen LogP contribution < -0.4 is 15.2 Å². The summed E-state index contributed by atoms with van der Waals surface area (Å²) in [5.74, 6) is -0.834. The van der Waals surface area contributed by atoms with Crippen LogP contribution in [0.4, 0.5) is 5.69 Å². The monoisotopic (exact) mass is 344 g/mol. The minimum absolute atomic E-state index is 0.00979. The minimum Gasteiger partial charge on any atom is -0.545 e. The maximum atomic E-state index is 13.0. The number of ether oxygens (including phenoxy) is 1. The zero-order chi connectivity index (χ0) is 18.1. The normalized spacial score (nSPS) is 12.5. The Morgan fingerprint density at radius 2 is 1.46 bits per heavy atom. The van der Waals surface area contributed by atoms with Crippen molar-refractivity contribution in [1.82, 2.24) is 0 Å². The Morgan fingerprint density at radius 1 is 0.846 bits per heavy atom. The van der Waals surface area contributed by atoms with Crippen LogP contribution in [0.1, 0.15) is 27.4 Å². The molecule has 5 heteroatoms. The molecular weight excluding hydrogens is 330 g/mol. The number of hydrogen-bond acceptors (Lipinski definition) is 4. The first-order valence-corrected chi connectivity index (χ1v) is 8.11. The highest BCUT2D eigenvalue weighted by Gasteiger charge is 2.32. The first kappa shape index (κ1) is 15.9. The highest BCUT2D eigenvalue weighted by molar-refractivity contribution is 6.00. The molecule has 0 radical (unpaired) electrons. The summed E-state index contributed by atoms with van der Waals surface area (Å²) >= 11 is 0. The van der Waals surface area contributed by atoms with Crippen molar-refractivity contribution in [3.8, 4) is 11.5 Å². The van der Waals surface area contributed by atoms with Crippen molar-refractivity contribution in [2.75, 3.05) is 5.32 Å². The van der Waals surface area contributed by atoms with Gasteiger partial charge >= 0.3 is 0 Å². The van der Waals surface area contributed by atoms with Gasteiger partial charge in [0.2, 0.25) is 5.91 Å². The van der Waals surface area contributed by atoms with E-state index in [1.165, 1.54) is 12.1 Å². The number of amides is 1. The number of rotatable bonds is 3. The van der Waals surface area contributed by atoms with Crippen LogP contribution in [-0.2, 0) is 4.79 Å². The number of anilines is 1. The Labute approximate surface area is 149 Å². The second kappa shape index (κ2) is 6.37. The van der Waals surface area contributed by atoms with Gasteiger partial charge in [0.15, 0.2) is 0 Å². The number of nitrogens with one attached hydrogen (secondary N) is 1. The van der Waals surface area contributed by atoms with Crippen molar-refractivity contribution < 1.29 is 19.4 Å². The molecule has 0 aromatic heterocycles. The number of aromatic carboxylic acids is 1.